The van der Waals surface area contributed by atoms with Gasteiger partial charge in [0.25, 0.3) is 0 Å². The number of benzene rings is 1. The van der Waals surface area contributed by atoms with E-state index in [9.17, 15) is 0 Å². The first-order valence-electron chi connectivity index (χ1n) is 5.96. The summed E-state index contributed by atoms with van der Waals surface area (Å²) in [5, 5.41) is 3.95. The highest BCUT2D eigenvalue weighted by Gasteiger charge is 2.32. The molecule has 2 unspecified atom stereocenters. The zero-order valence-electron chi connectivity index (χ0n) is 9.76. The average molecular weight is 229 g/mol. The van der Waals surface area contributed by atoms with Crippen LogP contribution >= 0.6 is 0 Å². The summed E-state index contributed by atoms with van der Waals surface area (Å²) in [5.41, 5.74) is 8.55. The van der Waals surface area contributed by atoms with Crippen molar-refractivity contribution in [2.45, 2.75) is 31.7 Å². The number of aromatic nitrogens is 2. The molecule has 0 bridgehead atoms. The van der Waals surface area contributed by atoms with Crippen molar-refractivity contribution in [1.82, 2.24) is 10.1 Å². The summed E-state index contributed by atoms with van der Waals surface area (Å²) in [5.74, 6) is 1.57. The molecule has 2 atom stereocenters. The Morgan fingerprint density at radius 1 is 1.47 bits per heavy atom. The summed E-state index contributed by atoms with van der Waals surface area (Å²) in [6.45, 7) is 2.01. The standard InChI is InChI=1S/C13H15N3O/c1-2-11(14)12-15-13(17-16-12)10-7-8-5-3-4-6-9(8)10/h3-6,10-11H,2,7,14H2,1H3. The summed E-state index contributed by atoms with van der Waals surface area (Å²) in [6.07, 6.45) is 1.80. The minimum absolute atomic E-state index is 0.122. The molecule has 4 heteroatoms. The SMILES string of the molecule is CCC(N)c1noc(C2Cc3ccccc32)n1. The highest BCUT2D eigenvalue weighted by molar-refractivity contribution is 5.43. The smallest absolute Gasteiger partial charge is 0.234 e. The highest BCUT2D eigenvalue weighted by atomic mass is 16.5. The quantitative estimate of drug-likeness (QED) is 0.876. The normalized spacial score (nSPS) is 19.5. The molecule has 2 aromatic rings. The Balaban J connectivity index is 1.86. The molecule has 1 aromatic heterocycles. The first kappa shape index (κ1) is 10.5. The first-order valence-corrected chi connectivity index (χ1v) is 5.96. The fraction of sp³-hybridized carbons (Fsp3) is 0.385. The van der Waals surface area contributed by atoms with Gasteiger partial charge in [-0.2, -0.15) is 4.98 Å². The van der Waals surface area contributed by atoms with Crippen LogP contribution in [0.2, 0.25) is 0 Å². The molecule has 0 amide bonds. The third kappa shape index (κ3) is 1.65. The minimum atomic E-state index is -0.122. The highest BCUT2D eigenvalue weighted by Crippen LogP contribution is 2.39. The molecule has 88 valence electrons. The van der Waals surface area contributed by atoms with E-state index in [1.54, 1.807) is 0 Å². The van der Waals surface area contributed by atoms with E-state index >= 15 is 0 Å². The van der Waals surface area contributed by atoms with Gasteiger partial charge in [-0.25, -0.2) is 0 Å². The van der Waals surface area contributed by atoms with Crippen molar-refractivity contribution in [1.29, 1.82) is 0 Å². The number of rotatable bonds is 3. The third-order valence-electron chi connectivity index (χ3n) is 3.38. The summed E-state index contributed by atoms with van der Waals surface area (Å²) in [6, 6.07) is 8.23. The monoisotopic (exact) mass is 229 g/mol. The molecule has 1 heterocycles. The van der Waals surface area contributed by atoms with Gasteiger partial charge < -0.3 is 10.3 Å². The van der Waals surface area contributed by atoms with E-state index < -0.39 is 0 Å². The number of nitrogens with two attached hydrogens (primary N) is 1. The van der Waals surface area contributed by atoms with E-state index in [0.717, 1.165) is 12.8 Å². The first-order chi connectivity index (χ1) is 8.29. The van der Waals surface area contributed by atoms with E-state index in [4.69, 9.17) is 10.3 Å². The van der Waals surface area contributed by atoms with Gasteiger partial charge in [-0.3, -0.25) is 0 Å². The van der Waals surface area contributed by atoms with Gasteiger partial charge in [-0.15, -0.1) is 0 Å². The fourth-order valence-electron chi connectivity index (χ4n) is 2.20. The number of fused-ring (bicyclic) bond motifs is 1. The van der Waals surface area contributed by atoms with Crippen LogP contribution in [0.3, 0.4) is 0 Å². The fourth-order valence-corrected chi connectivity index (χ4v) is 2.20. The van der Waals surface area contributed by atoms with Crippen LogP contribution in [0.1, 0.15) is 48.1 Å². The van der Waals surface area contributed by atoms with Gasteiger partial charge in [-0.1, -0.05) is 36.3 Å². The van der Waals surface area contributed by atoms with Crippen LogP contribution in [-0.2, 0) is 6.42 Å². The molecule has 4 nitrogen and oxygen atoms in total. The van der Waals surface area contributed by atoms with Gasteiger partial charge in [-0.05, 0) is 24.0 Å². The van der Waals surface area contributed by atoms with E-state index in [1.165, 1.54) is 11.1 Å². The van der Waals surface area contributed by atoms with E-state index in [-0.39, 0.29) is 12.0 Å². The van der Waals surface area contributed by atoms with Crippen LogP contribution in [0.25, 0.3) is 0 Å². The van der Waals surface area contributed by atoms with Crippen LogP contribution in [0.4, 0.5) is 0 Å². The molecule has 0 saturated heterocycles. The van der Waals surface area contributed by atoms with Gasteiger partial charge in [0.05, 0.1) is 12.0 Å². The Morgan fingerprint density at radius 2 is 2.29 bits per heavy atom. The molecule has 0 aliphatic heterocycles. The largest absolute Gasteiger partial charge is 0.339 e. The summed E-state index contributed by atoms with van der Waals surface area (Å²) >= 11 is 0. The molecule has 1 aliphatic carbocycles. The Hall–Kier alpha value is -1.68. The summed E-state index contributed by atoms with van der Waals surface area (Å²) in [4.78, 5) is 4.40. The maximum Gasteiger partial charge on any atom is 0.234 e. The molecule has 0 radical (unpaired) electrons. The lowest BCUT2D eigenvalue weighted by Gasteiger charge is -2.26. The van der Waals surface area contributed by atoms with Crippen LogP contribution in [0.5, 0.6) is 0 Å². The van der Waals surface area contributed by atoms with Crippen molar-refractivity contribution in [2.75, 3.05) is 0 Å². The van der Waals surface area contributed by atoms with Crippen molar-refractivity contribution in [2.24, 2.45) is 5.73 Å². The van der Waals surface area contributed by atoms with Gasteiger partial charge >= 0.3 is 0 Å². The van der Waals surface area contributed by atoms with E-state index in [2.05, 4.69) is 28.3 Å². The molecule has 1 aromatic carbocycles. The lowest BCUT2D eigenvalue weighted by atomic mass is 9.77. The Morgan fingerprint density at radius 3 is 3.06 bits per heavy atom. The zero-order valence-corrected chi connectivity index (χ0v) is 9.76. The Labute approximate surface area is 99.8 Å². The predicted molar refractivity (Wildman–Crippen MR) is 63.5 cm³/mol. The maximum atomic E-state index is 5.88. The van der Waals surface area contributed by atoms with Crippen molar-refractivity contribution >= 4 is 0 Å². The van der Waals surface area contributed by atoms with Gasteiger partial charge in [0.2, 0.25) is 5.89 Å². The Kier molecular flexibility index (Phi) is 2.44. The molecular formula is C13H15N3O. The van der Waals surface area contributed by atoms with Crippen LogP contribution in [-0.4, -0.2) is 10.1 Å². The zero-order chi connectivity index (χ0) is 11.8. The van der Waals surface area contributed by atoms with Gasteiger partial charge in [0, 0.05) is 0 Å². The second-order valence-corrected chi connectivity index (χ2v) is 4.46. The van der Waals surface area contributed by atoms with Crippen LogP contribution in [0, 0.1) is 0 Å². The molecule has 17 heavy (non-hydrogen) atoms. The van der Waals surface area contributed by atoms with Crippen molar-refractivity contribution in [3.63, 3.8) is 0 Å². The number of hydrogen-bond acceptors (Lipinski definition) is 4. The predicted octanol–water partition coefficient (Wildman–Crippen LogP) is 2.17. The Bertz CT molecular complexity index is 535. The lowest BCUT2D eigenvalue weighted by Crippen LogP contribution is -2.18. The van der Waals surface area contributed by atoms with Crippen molar-refractivity contribution in [3.8, 4) is 0 Å². The second-order valence-electron chi connectivity index (χ2n) is 4.46. The van der Waals surface area contributed by atoms with Crippen LogP contribution in [0.15, 0.2) is 28.8 Å². The van der Waals surface area contributed by atoms with E-state index in [0.29, 0.717) is 11.7 Å². The van der Waals surface area contributed by atoms with Gasteiger partial charge in [0.1, 0.15) is 0 Å². The molecule has 0 fully saturated rings. The number of hydrogen-bond donors (Lipinski definition) is 1. The molecule has 2 N–H and O–H groups in total. The molecule has 0 saturated carbocycles. The molecule has 1 aliphatic rings. The molecule has 0 spiro atoms. The van der Waals surface area contributed by atoms with Crippen molar-refractivity contribution in [3.05, 3.63) is 47.1 Å². The molecule has 3 rings (SSSR count). The summed E-state index contributed by atoms with van der Waals surface area (Å²) in [7, 11) is 0. The van der Waals surface area contributed by atoms with Gasteiger partial charge in [0.15, 0.2) is 5.82 Å². The average Bonchev–Trinajstić information content (AvgIpc) is 2.79. The molecular weight excluding hydrogens is 214 g/mol. The van der Waals surface area contributed by atoms with E-state index in [1.807, 2.05) is 13.0 Å². The van der Waals surface area contributed by atoms with Crippen LogP contribution < -0.4 is 5.73 Å². The topological polar surface area (TPSA) is 64.9 Å². The second kappa shape index (κ2) is 3.96. The lowest BCUT2D eigenvalue weighted by molar-refractivity contribution is 0.349. The third-order valence-corrected chi connectivity index (χ3v) is 3.38. The minimum Gasteiger partial charge on any atom is -0.339 e. The van der Waals surface area contributed by atoms with Crippen molar-refractivity contribution < 1.29 is 4.52 Å². The summed E-state index contributed by atoms with van der Waals surface area (Å²) < 4.78 is 5.31. The maximum absolute atomic E-state index is 5.88. The number of nitrogens with zero attached hydrogens (tertiary/aromatic N) is 2.